The molecule has 392 valence electrons. The number of para-hydroxylation sites is 2. The third-order valence-electron chi connectivity index (χ3n) is 12.2. The molecule has 2 fully saturated rings. The molecule has 0 spiro atoms. The SMILES string of the molecule is C.C.COc1cccc(OC)c1-n1c(CS(=O)(=O)[C@@H](C)[C@H](O)c2ncc(C)cn2)nnc1[C@@H]1CCOC1.COc1cccc(OC)c1-n1c(CS(=O)(=O)[C@@H](C)[C@H](O)c2ncc(C)cn2)nnc1[C@H]1CCOC1. The Morgan fingerprint density at radius 3 is 1.18 bits per heavy atom. The second kappa shape index (κ2) is 24.5. The number of rotatable bonds is 18. The number of methoxy groups -OCH3 is 4. The normalized spacial score (nSPS) is 17.3. The number of benzene rings is 2. The zero-order valence-corrected chi connectivity index (χ0v) is 41.8. The van der Waals surface area contributed by atoms with Gasteiger partial charge in [-0.25, -0.2) is 36.8 Å². The van der Waals surface area contributed by atoms with Crippen molar-refractivity contribution in [3.8, 4) is 34.4 Å². The Labute approximate surface area is 421 Å². The standard InChI is InChI=1S/2C23H29N5O6S.2CH4/c2*1-14-10-24-22(25-11-14)21(29)15(2)35(30,31)13-19-26-27-23(16-8-9-34-12-16)28(19)20-17(32-3)6-5-7-18(20)33-4;;/h2*5-7,10-11,15-16,21,29H,8-9,12-13H2,1-4H3;2*1H4/t15-,16+,21-;15-,16-,21-;;/m00../s1. The van der Waals surface area contributed by atoms with Crippen molar-refractivity contribution in [2.45, 2.75) is 101 Å². The maximum Gasteiger partial charge on any atom is 0.163 e. The highest BCUT2D eigenvalue weighted by Crippen LogP contribution is 2.39. The molecule has 0 saturated carbocycles. The molecule has 72 heavy (non-hydrogen) atoms. The van der Waals surface area contributed by atoms with Crippen molar-refractivity contribution in [1.29, 1.82) is 0 Å². The first-order valence-electron chi connectivity index (χ1n) is 22.4. The molecule has 2 aromatic carbocycles. The largest absolute Gasteiger partial charge is 0.494 e. The van der Waals surface area contributed by atoms with Crippen molar-refractivity contribution in [2.75, 3.05) is 54.9 Å². The zero-order chi connectivity index (χ0) is 50.3. The highest BCUT2D eigenvalue weighted by molar-refractivity contribution is 7.91. The molecule has 6 aromatic rings. The Bertz CT molecular complexity index is 2700. The third-order valence-corrected chi connectivity index (χ3v) is 16.3. The summed E-state index contributed by atoms with van der Waals surface area (Å²) in [7, 11) is -1.73. The van der Waals surface area contributed by atoms with Crippen molar-refractivity contribution >= 4 is 19.7 Å². The van der Waals surface area contributed by atoms with Crippen molar-refractivity contribution in [3.63, 3.8) is 0 Å². The van der Waals surface area contributed by atoms with Crippen LogP contribution in [0.25, 0.3) is 11.4 Å². The lowest BCUT2D eigenvalue weighted by Crippen LogP contribution is -2.29. The molecule has 4 aromatic heterocycles. The predicted octanol–water partition coefficient (Wildman–Crippen LogP) is 5.12. The van der Waals surface area contributed by atoms with Crippen LogP contribution in [0.15, 0.2) is 61.2 Å². The molecule has 6 atom stereocenters. The van der Waals surface area contributed by atoms with Crippen molar-refractivity contribution in [1.82, 2.24) is 49.5 Å². The first kappa shape index (κ1) is 56.7. The van der Waals surface area contributed by atoms with Crippen LogP contribution in [0.5, 0.6) is 23.0 Å². The minimum atomic E-state index is -3.92. The van der Waals surface area contributed by atoms with E-state index >= 15 is 0 Å². The first-order chi connectivity index (χ1) is 33.5. The van der Waals surface area contributed by atoms with Crippen LogP contribution >= 0.6 is 0 Å². The van der Waals surface area contributed by atoms with Crippen molar-refractivity contribution < 1.29 is 55.5 Å². The van der Waals surface area contributed by atoms with Gasteiger partial charge in [-0.05, 0) is 75.9 Å². The second-order valence-corrected chi connectivity index (χ2v) is 21.6. The number of aromatic nitrogens is 10. The molecule has 24 heteroatoms. The second-order valence-electron chi connectivity index (χ2n) is 16.9. The molecule has 0 aliphatic carbocycles. The van der Waals surface area contributed by atoms with Crippen LogP contribution in [-0.4, -0.2) is 142 Å². The van der Waals surface area contributed by atoms with E-state index in [9.17, 15) is 27.0 Å². The van der Waals surface area contributed by atoms with Gasteiger partial charge in [0.1, 0.15) is 69.7 Å². The van der Waals surface area contributed by atoms with Gasteiger partial charge in [-0.1, -0.05) is 27.0 Å². The molecule has 0 amide bonds. The molecule has 2 saturated heterocycles. The van der Waals surface area contributed by atoms with Gasteiger partial charge in [0.25, 0.3) is 0 Å². The zero-order valence-electron chi connectivity index (χ0n) is 40.2. The van der Waals surface area contributed by atoms with E-state index in [4.69, 9.17) is 28.4 Å². The first-order valence-corrected chi connectivity index (χ1v) is 25.8. The van der Waals surface area contributed by atoms with E-state index in [2.05, 4.69) is 40.3 Å². The summed E-state index contributed by atoms with van der Waals surface area (Å²) in [6, 6.07) is 10.6. The highest BCUT2D eigenvalue weighted by atomic mass is 32.2. The Hall–Kier alpha value is -6.18. The average molecular weight is 1040 g/mol. The third kappa shape index (κ3) is 12.2. The molecule has 22 nitrogen and oxygen atoms in total. The summed E-state index contributed by atoms with van der Waals surface area (Å²) in [6.07, 6.45) is 4.78. The molecule has 2 N–H and O–H groups in total. The fourth-order valence-electron chi connectivity index (χ4n) is 7.99. The van der Waals surface area contributed by atoms with Crippen molar-refractivity contribution in [3.05, 3.63) is 107 Å². The predicted molar refractivity (Wildman–Crippen MR) is 266 cm³/mol. The maximum absolute atomic E-state index is 13.4. The number of nitrogens with zero attached hydrogens (tertiary/aromatic N) is 10. The van der Waals surface area contributed by atoms with Gasteiger partial charge in [0.05, 0.1) is 52.2 Å². The molecule has 0 radical (unpaired) electrons. The fourth-order valence-corrected chi connectivity index (χ4v) is 10.6. The number of aliphatic hydroxyl groups excluding tert-OH is 2. The van der Waals surface area contributed by atoms with E-state index in [1.54, 1.807) is 45.5 Å². The van der Waals surface area contributed by atoms with E-state index in [1.807, 2.05) is 13.8 Å². The maximum atomic E-state index is 13.4. The minimum Gasteiger partial charge on any atom is -0.494 e. The van der Waals surface area contributed by atoms with Gasteiger partial charge >= 0.3 is 0 Å². The smallest absolute Gasteiger partial charge is 0.163 e. The lowest BCUT2D eigenvalue weighted by molar-refractivity contribution is 0.165. The van der Waals surface area contributed by atoms with Gasteiger partial charge in [-0.3, -0.25) is 9.13 Å². The van der Waals surface area contributed by atoms with E-state index in [0.29, 0.717) is 72.4 Å². The molecule has 0 bridgehead atoms. The highest BCUT2D eigenvalue weighted by Gasteiger charge is 2.37. The Morgan fingerprint density at radius 2 is 0.903 bits per heavy atom. The molecule has 8 rings (SSSR count). The lowest BCUT2D eigenvalue weighted by atomic mass is 10.1. The summed E-state index contributed by atoms with van der Waals surface area (Å²) < 4.78 is 90.4. The van der Waals surface area contributed by atoms with Gasteiger partial charge in [-0.2, -0.15) is 0 Å². The van der Waals surface area contributed by atoms with Crippen LogP contribution in [0.1, 0.15) is 112 Å². The lowest BCUT2D eigenvalue weighted by Gasteiger charge is -2.21. The molecule has 2 aliphatic heterocycles. The number of sulfone groups is 2. The van der Waals surface area contributed by atoms with Crippen LogP contribution < -0.4 is 18.9 Å². The monoisotopic (exact) mass is 1040 g/mol. The minimum absolute atomic E-state index is 0. The summed E-state index contributed by atoms with van der Waals surface area (Å²) >= 11 is 0. The fraction of sp³-hybridized carbons (Fsp3) is 0.500. The molecular formula is C48H66N10O12S2. The van der Waals surface area contributed by atoms with Crippen LogP contribution in [0, 0.1) is 13.8 Å². The molecule has 6 heterocycles. The quantitative estimate of drug-likeness (QED) is 0.113. The molecule has 2 aliphatic rings. The summed E-state index contributed by atoms with van der Waals surface area (Å²) in [6.45, 7) is 8.52. The number of aliphatic hydroxyl groups is 2. The Balaban J connectivity index is 0.000000260. The van der Waals surface area contributed by atoms with Gasteiger partial charge in [0.15, 0.2) is 43.0 Å². The molecular weight excluding hydrogens is 973 g/mol. The van der Waals surface area contributed by atoms with Gasteiger partial charge < -0.3 is 38.6 Å². The summed E-state index contributed by atoms with van der Waals surface area (Å²) in [5.74, 6) is 2.38. The Kier molecular flexibility index (Phi) is 19.3. The van der Waals surface area contributed by atoms with E-state index in [0.717, 1.165) is 24.0 Å². The van der Waals surface area contributed by atoms with E-state index < -0.39 is 53.9 Å². The van der Waals surface area contributed by atoms with E-state index in [1.165, 1.54) is 67.1 Å². The number of aryl methyl sites for hydroxylation is 2. The van der Waals surface area contributed by atoms with Crippen LogP contribution in [0.2, 0.25) is 0 Å². The average Bonchev–Trinajstić information content (AvgIpc) is 4.22. The number of ether oxygens (including phenoxy) is 6. The summed E-state index contributed by atoms with van der Waals surface area (Å²) in [5.41, 5.74) is 2.62. The van der Waals surface area contributed by atoms with Crippen LogP contribution in [0.4, 0.5) is 0 Å². The Morgan fingerprint density at radius 1 is 0.583 bits per heavy atom. The van der Waals surface area contributed by atoms with Crippen molar-refractivity contribution in [2.24, 2.45) is 0 Å². The summed E-state index contributed by atoms with van der Waals surface area (Å²) in [5, 5.41) is 36.3. The van der Waals surface area contributed by atoms with Gasteiger partial charge in [-0.15, -0.1) is 20.4 Å². The molecule has 0 unspecified atom stereocenters. The number of hydrogen-bond donors (Lipinski definition) is 2. The van der Waals surface area contributed by atoms with Crippen LogP contribution in [0.3, 0.4) is 0 Å². The van der Waals surface area contributed by atoms with E-state index in [-0.39, 0.29) is 50.0 Å². The summed E-state index contributed by atoms with van der Waals surface area (Å²) in [4.78, 5) is 16.3. The van der Waals surface area contributed by atoms with Gasteiger partial charge in [0.2, 0.25) is 0 Å². The van der Waals surface area contributed by atoms with Crippen LogP contribution in [-0.2, 0) is 40.7 Å². The van der Waals surface area contributed by atoms with Gasteiger partial charge in [0, 0.05) is 49.8 Å². The topological polar surface area (TPSA) is 277 Å². The number of hydrogen-bond acceptors (Lipinski definition) is 20.